The summed E-state index contributed by atoms with van der Waals surface area (Å²) in [6.45, 7) is 0. The molecule has 0 bridgehead atoms. The Labute approximate surface area is 95.4 Å². The summed E-state index contributed by atoms with van der Waals surface area (Å²) >= 11 is 19.2. The Hall–Kier alpha value is 1.10. The van der Waals surface area contributed by atoms with E-state index in [0.717, 1.165) is 4.90 Å². The molecule has 0 aliphatic heterocycles. The number of halogens is 4. The highest BCUT2D eigenvalue weighted by atomic mass is 127. The Morgan fingerprint density at radius 3 is 2.45 bits per heavy atom. The van der Waals surface area contributed by atoms with Gasteiger partial charge in [0, 0.05) is 21.2 Å². The van der Waals surface area contributed by atoms with Crippen molar-refractivity contribution in [2.24, 2.45) is 0 Å². The van der Waals surface area contributed by atoms with Gasteiger partial charge in [0.25, 0.3) is 0 Å². The Kier molecular flexibility index (Phi) is 4.04. The van der Waals surface area contributed by atoms with Gasteiger partial charge in [0.2, 0.25) is 0 Å². The standard InChI is InChI=1S/C5HCl3INS/c6-2-1-3(7)10-5(8)4(2)11-9/h1H. The van der Waals surface area contributed by atoms with Crippen LogP contribution in [0.1, 0.15) is 0 Å². The highest BCUT2D eigenvalue weighted by Gasteiger charge is 2.07. The average molecular weight is 340 g/mol. The van der Waals surface area contributed by atoms with Crippen LogP contribution in [0.5, 0.6) is 0 Å². The van der Waals surface area contributed by atoms with Crippen LogP contribution in [0.3, 0.4) is 0 Å². The van der Waals surface area contributed by atoms with E-state index in [2.05, 4.69) is 26.2 Å². The van der Waals surface area contributed by atoms with Gasteiger partial charge in [-0.1, -0.05) is 34.8 Å². The van der Waals surface area contributed by atoms with Gasteiger partial charge in [-0.3, -0.25) is 0 Å². The zero-order valence-corrected chi connectivity index (χ0v) is 10.2. The minimum Gasteiger partial charge on any atom is -0.223 e. The van der Waals surface area contributed by atoms with E-state index in [1.807, 2.05) is 0 Å². The molecule has 0 fully saturated rings. The minimum absolute atomic E-state index is 0.314. The molecule has 6 heteroatoms. The van der Waals surface area contributed by atoms with Crippen LogP contribution in [0.15, 0.2) is 11.0 Å². The fraction of sp³-hybridized carbons (Fsp3) is 0. The predicted molar refractivity (Wildman–Crippen MR) is 59.1 cm³/mol. The zero-order chi connectivity index (χ0) is 8.43. The van der Waals surface area contributed by atoms with Gasteiger partial charge in [0.15, 0.2) is 0 Å². The van der Waals surface area contributed by atoms with E-state index < -0.39 is 0 Å². The number of hydrogen-bond donors (Lipinski definition) is 0. The van der Waals surface area contributed by atoms with Crippen LogP contribution in [0.2, 0.25) is 15.3 Å². The van der Waals surface area contributed by atoms with Gasteiger partial charge in [0.1, 0.15) is 10.3 Å². The number of hydrogen-bond acceptors (Lipinski definition) is 2. The van der Waals surface area contributed by atoms with E-state index in [1.54, 1.807) is 6.07 Å². The Morgan fingerprint density at radius 2 is 2.00 bits per heavy atom. The van der Waals surface area contributed by atoms with Gasteiger partial charge in [-0.25, -0.2) is 4.98 Å². The molecule has 0 unspecified atom stereocenters. The maximum atomic E-state index is 5.80. The summed E-state index contributed by atoms with van der Waals surface area (Å²) in [5, 5.41) is 1.20. The molecule has 11 heavy (non-hydrogen) atoms. The quantitative estimate of drug-likeness (QED) is 0.552. The van der Waals surface area contributed by atoms with Crippen molar-refractivity contribution in [3.05, 3.63) is 21.4 Å². The lowest BCUT2D eigenvalue weighted by atomic mass is 10.5. The Balaban J connectivity index is 3.25. The lowest BCUT2D eigenvalue weighted by molar-refractivity contribution is 1.24. The summed E-state index contributed by atoms with van der Waals surface area (Å²) in [6, 6.07) is 1.57. The van der Waals surface area contributed by atoms with Crippen molar-refractivity contribution >= 4 is 64.9 Å². The predicted octanol–water partition coefficient (Wildman–Crippen LogP) is 4.48. The lowest BCUT2D eigenvalue weighted by Gasteiger charge is -2.00. The third-order valence-electron chi connectivity index (χ3n) is 0.932. The van der Waals surface area contributed by atoms with Crippen LogP contribution in [-0.2, 0) is 0 Å². The first kappa shape index (κ1) is 10.2. The van der Waals surface area contributed by atoms with E-state index in [4.69, 9.17) is 34.8 Å². The molecule has 0 aromatic carbocycles. The molecule has 0 radical (unpaired) electrons. The summed E-state index contributed by atoms with van der Waals surface area (Å²) in [6.07, 6.45) is 0. The average Bonchev–Trinajstić information content (AvgIpc) is 1.85. The zero-order valence-electron chi connectivity index (χ0n) is 4.94. The van der Waals surface area contributed by atoms with Crippen LogP contribution < -0.4 is 0 Å². The third kappa shape index (κ3) is 2.52. The number of nitrogens with zero attached hydrogens (tertiary/aromatic N) is 1. The van der Waals surface area contributed by atoms with Gasteiger partial charge in [0.05, 0.1) is 9.92 Å². The molecule has 0 aliphatic carbocycles. The maximum absolute atomic E-state index is 5.80. The Bertz CT molecular complexity index is 257. The van der Waals surface area contributed by atoms with Crippen LogP contribution in [0.4, 0.5) is 0 Å². The molecule has 0 atom stereocenters. The van der Waals surface area contributed by atoms with Crippen molar-refractivity contribution in [1.29, 1.82) is 0 Å². The van der Waals surface area contributed by atoms with Crippen molar-refractivity contribution < 1.29 is 0 Å². The number of aromatic nitrogens is 1. The summed E-state index contributed by atoms with van der Waals surface area (Å²) < 4.78 is 0. The molecule has 0 N–H and O–H groups in total. The first-order valence-electron chi connectivity index (χ1n) is 2.45. The van der Waals surface area contributed by atoms with E-state index in [9.17, 15) is 0 Å². The Morgan fingerprint density at radius 1 is 1.36 bits per heavy atom. The van der Waals surface area contributed by atoms with Crippen LogP contribution in [-0.4, -0.2) is 4.98 Å². The van der Waals surface area contributed by atoms with Crippen LogP contribution in [0, 0.1) is 0 Å². The summed E-state index contributed by atoms with van der Waals surface area (Å²) in [5.74, 6) is 0. The topological polar surface area (TPSA) is 12.9 Å². The summed E-state index contributed by atoms with van der Waals surface area (Å²) in [5.41, 5.74) is 0. The molecule has 0 spiro atoms. The van der Waals surface area contributed by atoms with E-state index >= 15 is 0 Å². The molecule has 1 aromatic rings. The third-order valence-corrected chi connectivity index (χ3v) is 3.81. The van der Waals surface area contributed by atoms with Crippen LogP contribution >= 0.6 is 64.9 Å². The largest absolute Gasteiger partial charge is 0.223 e. The molecule has 0 aliphatic rings. The first-order valence-corrected chi connectivity index (χ1v) is 6.94. The number of rotatable bonds is 1. The molecule has 0 amide bonds. The monoisotopic (exact) mass is 339 g/mol. The fourth-order valence-corrected chi connectivity index (χ4v) is 3.83. The second-order valence-electron chi connectivity index (χ2n) is 1.62. The van der Waals surface area contributed by atoms with Crippen molar-refractivity contribution in [3.63, 3.8) is 0 Å². The molecule has 60 valence electrons. The highest BCUT2D eigenvalue weighted by Crippen LogP contribution is 2.37. The van der Waals surface area contributed by atoms with Gasteiger partial charge < -0.3 is 0 Å². The maximum Gasteiger partial charge on any atom is 0.146 e. The molecule has 1 heterocycles. The lowest BCUT2D eigenvalue weighted by Crippen LogP contribution is -1.80. The van der Waals surface area contributed by atoms with Gasteiger partial charge >= 0.3 is 0 Å². The SMILES string of the molecule is Clc1cc(Cl)c(SI)c(Cl)n1. The molecule has 1 aromatic heterocycles. The normalized spacial score (nSPS) is 10.2. The number of pyridine rings is 1. The molecule has 0 saturated carbocycles. The van der Waals surface area contributed by atoms with E-state index in [1.165, 1.54) is 8.93 Å². The second-order valence-corrected chi connectivity index (χ2v) is 4.66. The van der Waals surface area contributed by atoms with Crippen molar-refractivity contribution in [1.82, 2.24) is 4.98 Å². The second kappa shape index (κ2) is 4.37. The molecular formula is C5HCl3INS. The van der Waals surface area contributed by atoms with E-state index in [-0.39, 0.29) is 0 Å². The molecule has 1 nitrogen and oxygen atoms in total. The molecule has 1 rings (SSSR count). The van der Waals surface area contributed by atoms with Gasteiger partial charge in [-0.2, -0.15) is 0 Å². The molecule has 0 saturated heterocycles. The van der Waals surface area contributed by atoms with E-state index in [0.29, 0.717) is 15.3 Å². The van der Waals surface area contributed by atoms with Gasteiger partial charge in [-0.05, 0) is 15.0 Å². The van der Waals surface area contributed by atoms with Crippen LogP contribution in [0.25, 0.3) is 0 Å². The van der Waals surface area contributed by atoms with Crippen molar-refractivity contribution in [2.45, 2.75) is 4.90 Å². The smallest absolute Gasteiger partial charge is 0.146 e. The van der Waals surface area contributed by atoms with Gasteiger partial charge in [-0.15, -0.1) is 0 Å². The minimum atomic E-state index is 0.314. The summed E-state index contributed by atoms with van der Waals surface area (Å²) in [4.78, 5) is 4.57. The fourth-order valence-electron chi connectivity index (χ4n) is 0.514. The first-order chi connectivity index (χ1) is 5.15. The van der Waals surface area contributed by atoms with Crippen molar-refractivity contribution in [2.75, 3.05) is 0 Å². The highest BCUT2D eigenvalue weighted by molar-refractivity contribution is 14.2. The van der Waals surface area contributed by atoms with Crippen molar-refractivity contribution in [3.8, 4) is 0 Å². The summed E-state index contributed by atoms with van der Waals surface area (Å²) in [7, 11) is 1.42. The molecular weight excluding hydrogens is 339 g/mol.